The summed E-state index contributed by atoms with van der Waals surface area (Å²) in [6.07, 6.45) is 0. The van der Waals surface area contributed by atoms with Gasteiger partial charge in [0.25, 0.3) is 0 Å². The van der Waals surface area contributed by atoms with Crippen molar-refractivity contribution in [3.05, 3.63) is 51.8 Å². The summed E-state index contributed by atoms with van der Waals surface area (Å²) in [4.78, 5) is 4.30. The Morgan fingerprint density at radius 2 is 1.95 bits per heavy atom. The topological polar surface area (TPSA) is 80.7 Å². The third kappa shape index (κ3) is 3.25. The normalized spacial score (nSPS) is 11.5. The van der Waals surface area contributed by atoms with Crippen LogP contribution < -0.4 is 10.5 Å². The second-order valence-corrected chi connectivity index (χ2v) is 5.15. The fourth-order valence-corrected chi connectivity index (χ4v) is 2.32. The van der Waals surface area contributed by atoms with Crippen LogP contribution in [-0.4, -0.2) is 16.0 Å². The molecule has 1 aromatic carbocycles. The second-order valence-electron chi connectivity index (χ2n) is 4.74. The average molecular weight is 306 g/mol. The van der Waals surface area contributed by atoms with Crippen molar-refractivity contribution in [2.45, 2.75) is 20.8 Å². The highest BCUT2D eigenvalue weighted by Gasteiger charge is 2.16. The number of aryl methyl sites for hydroxylation is 3. The van der Waals surface area contributed by atoms with Gasteiger partial charge in [0.15, 0.2) is 5.84 Å². The first kappa shape index (κ1) is 15.1. The summed E-state index contributed by atoms with van der Waals surface area (Å²) in [6.45, 7) is 5.55. The first-order valence-electron chi connectivity index (χ1n) is 6.32. The molecule has 0 atom stereocenters. The highest BCUT2D eigenvalue weighted by Crippen LogP contribution is 2.33. The SMILES string of the molecule is Cc1ccc(Oc2cc(C)nc(C)c2/C(N)=N/O)c(Cl)c1. The molecule has 0 aliphatic heterocycles. The first-order valence-corrected chi connectivity index (χ1v) is 6.70. The maximum Gasteiger partial charge on any atom is 0.175 e. The number of benzene rings is 1. The zero-order chi connectivity index (χ0) is 15.6. The van der Waals surface area contributed by atoms with Crippen LogP contribution in [0.15, 0.2) is 29.4 Å². The monoisotopic (exact) mass is 305 g/mol. The number of ether oxygens (including phenoxy) is 1. The molecular weight excluding hydrogens is 290 g/mol. The lowest BCUT2D eigenvalue weighted by Crippen LogP contribution is -2.17. The molecule has 1 aromatic heterocycles. The molecule has 0 spiro atoms. The third-order valence-corrected chi connectivity index (χ3v) is 3.26. The summed E-state index contributed by atoms with van der Waals surface area (Å²) in [5.41, 5.74) is 8.56. The van der Waals surface area contributed by atoms with Gasteiger partial charge in [0.2, 0.25) is 0 Å². The molecule has 0 saturated heterocycles. The molecular formula is C15H16ClN3O2. The largest absolute Gasteiger partial charge is 0.455 e. The number of amidine groups is 1. The van der Waals surface area contributed by atoms with Crippen LogP contribution in [0.3, 0.4) is 0 Å². The molecule has 0 aliphatic carbocycles. The van der Waals surface area contributed by atoms with Gasteiger partial charge in [-0.3, -0.25) is 4.98 Å². The van der Waals surface area contributed by atoms with E-state index in [4.69, 9.17) is 27.3 Å². The fraction of sp³-hybridized carbons (Fsp3) is 0.200. The molecule has 0 saturated carbocycles. The molecule has 0 unspecified atom stereocenters. The van der Waals surface area contributed by atoms with Crippen molar-refractivity contribution < 1.29 is 9.94 Å². The number of halogens is 1. The van der Waals surface area contributed by atoms with Crippen molar-refractivity contribution in [3.8, 4) is 11.5 Å². The second kappa shape index (κ2) is 6.01. The number of hydrogen-bond acceptors (Lipinski definition) is 4. The Hall–Kier alpha value is -2.27. The van der Waals surface area contributed by atoms with E-state index in [1.807, 2.05) is 19.9 Å². The average Bonchev–Trinajstić information content (AvgIpc) is 2.40. The highest BCUT2D eigenvalue weighted by molar-refractivity contribution is 6.32. The predicted molar refractivity (Wildman–Crippen MR) is 82.5 cm³/mol. The number of pyridine rings is 1. The zero-order valence-electron chi connectivity index (χ0n) is 12.0. The maximum atomic E-state index is 8.92. The van der Waals surface area contributed by atoms with Crippen LogP contribution in [0.25, 0.3) is 0 Å². The van der Waals surface area contributed by atoms with Gasteiger partial charge < -0.3 is 15.7 Å². The van der Waals surface area contributed by atoms with E-state index in [9.17, 15) is 0 Å². The van der Waals surface area contributed by atoms with E-state index in [1.165, 1.54) is 0 Å². The summed E-state index contributed by atoms with van der Waals surface area (Å²) in [5.74, 6) is 0.888. The van der Waals surface area contributed by atoms with Crippen LogP contribution in [0.1, 0.15) is 22.5 Å². The summed E-state index contributed by atoms with van der Waals surface area (Å²) in [7, 11) is 0. The Kier molecular flexibility index (Phi) is 4.33. The van der Waals surface area contributed by atoms with Gasteiger partial charge in [-0.2, -0.15) is 0 Å². The van der Waals surface area contributed by atoms with Gasteiger partial charge in [0, 0.05) is 11.8 Å². The van der Waals surface area contributed by atoms with Gasteiger partial charge in [-0.15, -0.1) is 0 Å². The molecule has 110 valence electrons. The van der Waals surface area contributed by atoms with Gasteiger partial charge in [-0.05, 0) is 38.5 Å². The minimum absolute atomic E-state index is 0.0572. The van der Waals surface area contributed by atoms with E-state index >= 15 is 0 Å². The lowest BCUT2D eigenvalue weighted by atomic mass is 10.1. The summed E-state index contributed by atoms with van der Waals surface area (Å²) in [6, 6.07) is 7.20. The number of nitrogens with zero attached hydrogens (tertiary/aromatic N) is 2. The Morgan fingerprint density at radius 3 is 2.57 bits per heavy atom. The minimum Gasteiger partial charge on any atom is -0.455 e. The summed E-state index contributed by atoms with van der Waals surface area (Å²) < 4.78 is 5.84. The molecule has 6 heteroatoms. The standard InChI is InChI=1S/C15H16ClN3O2/c1-8-4-5-12(11(16)6-8)21-13-7-9(2)18-10(3)14(13)15(17)19-20/h4-7,20H,1-3H3,(H2,17,19). The van der Waals surface area contributed by atoms with Crippen molar-refractivity contribution in [2.75, 3.05) is 0 Å². The Balaban J connectivity index is 2.53. The molecule has 21 heavy (non-hydrogen) atoms. The quantitative estimate of drug-likeness (QED) is 0.393. The number of nitrogens with two attached hydrogens (primary N) is 1. The molecule has 2 aromatic rings. The molecule has 0 amide bonds. The Bertz CT molecular complexity index is 714. The summed E-state index contributed by atoms with van der Waals surface area (Å²) >= 11 is 6.17. The number of oxime groups is 1. The molecule has 0 bridgehead atoms. The van der Waals surface area contributed by atoms with Crippen LogP contribution in [0.2, 0.25) is 5.02 Å². The van der Waals surface area contributed by atoms with Gasteiger partial charge in [-0.25, -0.2) is 0 Å². The van der Waals surface area contributed by atoms with Crippen LogP contribution in [0, 0.1) is 20.8 Å². The van der Waals surface area contributed by atoms with E-state index in [1.54, 1.807) is 25.1 Å². The highest BCUT2D eigenvalue weighted by atomic mass is 35.5. The minimum atomic E-state index is -0.0572. The lowest BCUT2D eigenvalue weighted by Gasteiger charge is -2.14. The zero-order valence-corrected chi connectivity index (χ0v) is 12.8. The molecule has 1 heterocycles. The number of aromatic nitrogens is 1. The number of rotatable bonds is 3. The van der Waals surface area contributed by atoms with Crippen LogP contribution in [-0.2, 0) is 0 Å². The van der Waals surface area contributed by atoms with Gasteiger partial charge >= 0.3 is 0 Å². The predicted octanol–water partition coefficient (Wildman–Crippen LogP) is 3.55. The van der Waals surface area contributed by atoms with Crippen molar-refractivity contribution >= 4 is 17.4 Å². The number of hydrogen-bond donors (Lipinski definition) is 2. The van der Waals surface area contributed by atoms with E-state index < -0.39 is 0 Å². The van der Waals surface area contributed by atoms with Crippen molar-refractivity contribution in [1.82, 2.24) is 4.98 Å². The molecule has 5 nitrogen and oxygen atoms in total. The van der Waals surface area contributed by atoms with Gasteiger partial charge in [-0.1, -0.05) is 22.8 Å². The smallest absolute Gasteiger partial charge is 0.175 e. The van der Waals surface area contributed by atoms with Gasteiger partial charge in [0.05, 0.1) is 16.3 Å². The maximum absolute atomic E-state index is 8.92. The van der Waals surface area contributed by atoms with Crippen LogP contribution >= 0.6 is 11.6 Å². The van der Waals surface area contributed by atoms with Crippen LogP contribution in [0.4, 0.5) is 0 Å². The van der Waals surface area contributed by atoms with E-state index in [0.29, 0.717) is 27.8 Å². The lowest BCUT2D eigenvalue weighted by molar-refractivity contribution is 0.318. The van der Waals surface area contributed by atoms with Crippen molar-refractivity contribution in [3.63, 3.8) is 0 Å². The molecule has 2 rings (SSSR count). The van der Waals surface area contributed by atoms with E-state index in [2.05, 4.69) is 10.1 Å². The first-order chi connectivity index (χ1) is 9.92. The van der Waals surface area contributed by atoms with Crippen LogP contribution in [0.5, 0.6) is 11.5 Å². The molecule has 0 radical (unpaired) electrons. The molecule has 0 fully saturated rings. The summed E-state index contributed by atoms with van der Waals surface area (Å²) in [5, 5.41) is 12.4. The molecule has 3 N–H and O–H groups in total. The van der Waals surface area contributed by atoms with E-state index in [0.717, 1.165) is 11.3 Å². The van der Waals surface area contributed by atoms with Gasteiger partial charge in [0.1, 0.15) is 11.5 Å². The Morgan fingerprint density at radius 1 is 1.24 bits per heavy atom. The van der Waals surface area contributed by atoms with E-state index in [-0.39, 0.29) is 5.84 Å². The third-order valence-electron chi connectivity index (χ3n) is 2.96. The Labute approximate surface area is 128 Å². The fourth-order valence-electron chi connectivity index (χ4n) is 2.04. The van der Waals surface area contributed by atoms with Crippen molar-refractivity contribution in [2.24, 2.45) is 10.9 Å². The molecule has 0 aliphatic rings. The van der Waals surface area contributed by atoms with Crippen molar-refractivity contribution in [1.29, 1.82) is 0 Å².